The molecule has 1 aliphatic heterocycles. The first-order chi connectivity index (χ1) is 16.6. The Balaban J connectivity index is 1.15. The second-order valence-corrected chi connectivity index (χ2v) is 7.62. The molecule has 2 heterocycles. The molecule has 0 unspecified atom stereocenters. The molecule has 172 valence electrons. The maximum absolute atomic E-state index is 12.3. The van der Waals surface area contributed by atoms with Crippen molar-refractivity contribution in [3.8, 4) is 11.5 Å². The zero-order valence-electron chi connectivity index (χ0n) is 18.0. The van der Waals surface area contributed by atoms with Crippen LogP contribution in [0.3, 0.4) is 0 Å². The number of esters is 1. The number of rotatable bonds is 5. The molecule has 0 radical (unpaired) electrons. The van der Waals surface area contributed by atoms with Crippen LogP contribution in [0.25, 0.3) is 21.7 Å². The van der Waals surface area contributed by atoms with E-state index in [1.54, 1.807) is 18.2 Å². The maximum atomic E-state index is 12.3. The average molecular weight is 460 g/mol. The van der Waals surface area contributed by atoms with E-state index in [4.69, 9.17) is 18.6 Å². The lowest BCUT2D eigenvalue weighted by Crippen LogP contribution is -2.37. The van der Waals surface area contributed by atoms with E-state index in [2.05, 4.69) is 10.6 Å². The third kappa shape index (κ3) is 4.49. The number of amides is 3. The molecule has 3 aromatic carbocycles. The van der Waals surface area contributed by atoms with Crippen LogP contribution < -0.4 is 20.1 Å². The van der Waals surface area contributed by atoms with E-state index in [0.717, 1.165) is 16.2 Å². The third-order valence-electron chi connectivity index (χ3n) is 5.29. The van der Waals surface area contributed by atoms with Crippen molar-refractivity contribution in [3.05, 3.63) is 66.4 Å². The summed E-state index contributed by atoms with van der Waals surface area (Å²) in [6.07, 6.45) is 1.44. The molecule has 9 nitrogen and oxygen atoms in total. The smallest absolute Gasteiger partial charge is 0.325 e. The van der Waals surface area contributed by atoms with Crippen molar-refractivity contribution in [1.82, 2.24) is 5.32 Å². The molecule has 0 atom stereocenters. The van der Waals surface area contributed by atoms with Crippen LogP contribution in [0.4, 0.5) is 10.5 Å². The Morgan fingerprint density at radius 3 is 2.65 bits per heavy atom. The Labute approximate surface area is 193 Å². The van der Waals surface area contributed by atoms with Gasteiger partial charge in [-0.15, -0.1) is 0 Å². The minimum absolute atomic E-state index is 0.0717. The molecule has 34 heavy (non-hydrogen) atoms. The third-order valence-corrected chi connectivity index (χ3v) is 5.29. The van der Waals surface area contributed by atoms with Gasteiger partial charge >= 0.3 is 12.0 Å². The highest BCUT2D eigenvalue weighted by atomic mass is 16.6. The zero-order chi connectivity index (χ0) is 23.5. The van der Waals surface area contributed by atoms with E-state index in [0.29, 0.717) is 41.5 Å². The van der Waals surface area contributed by atoms with Gasteiger partial charge in [0.1, 0.15) is 18.8 Å². The molecule has 2 N–H and O–H groups in total. The van der Waals surface area contributed by atoms with Gasteiger partial charge in [0.2, 0.25) is 0 Å². The highest BCUT2D eigenvalue weighted by molar-refractivity contribution is 6.08. The van der Waals surface area contributed by atoms with E-state index < -0.39 is 24.5 Å². The lowest BCUT2D eigenvalue weighted by Gasteiger charge is -2.19. The topological polar surface area (TPSA) is 116 Å². The molecular weight excluding hydrogens is 440 g/mol. The monoisotopic (exact) mass is 460 g/mol. The van der Waals surface area contributed by atoms with Crippen molar-refractivity contribution >= 4 is 45.3 Å². The van der Waals surface area contributed by atoms with Crippen molar-refractivity contribution in [2.75, 3.05) is 25.1 Å². The van der Waals surface area contributed by atoms with Crippen LogP contribution in [-0.2, 0) is 20.7 Å². The zero-order valence-corrected chi connectivity index (χ0v) is 18.0. The number of imide groups is 1. The molecule has 5 rings (SSSR count). The Bertz CT molecular complexity index is 1410. The molecule has 1 aromatic heterocycles. The van der Waals surface area contributed by atoms with Crippen molar-refractivity contribution in [1.29, 1.82) is 0 Å². The Morgan fingerprint density at radius 1 is 0.941 bits per heavy atom. The summed E-state index contributed by atoms with van der Waals surface area (Å²) in [6.45, 7) is 0.280. The highest BCUT2D eigenvalue weighted by Gasteiger charge is 2.17. The summed E-state index contributed by atoms with van der Waals surface area (Å²) in [6, 6.07) is 15.7. The number of anilines is 1. The second-order valence-electron chi connectivity index (χ2n) is 7.62. The fraction of sp³-hybridized carbons (Fsp3) is 0.160. The van der Waals surface area contributed by atoms with Crippen molar-refractivity contribution in [3.63, 3.8) is 0 Å². The van der Waals surface area contributed by atoms with Crippen LogP contribution in [0.1, 0.15) is 5.56 Å². The first kappa shape index (κ1) is 21.3. The van der Waals surface area contributed by atoms with Gasteiger partial charge in [-0.25, -0.2) is 4.79 Å². The summed E-state index contributed by atoms with van der Waals surface area (Å²) >= 11 is 0. The molecule has 0 fully saturated rings. The molecule has 0 aliphatic carbocycles. The number of hydrogen-bond acceptors (Lipinski definition) is 7. The van der Waals surface area contributed by atoms with Gasteiger partial charge < -0.3 is 23.9 Å². The lowest BCUT2D eigenvalue weighted by atomic mass is 10.0. The Hall–Kier alpha value is -4.53. The van der Waals surface area contributed by atoms with Crippen molar-refractivity contribution in [2.24, 2.45) is 0 Å². The van der Waals surface area contributed by atoms with Gasteiger partial charge in [-0.05, 0) is 29.0 Å². The van der Waals surface area contributed by atoms with Gasteiger partial charge in [0.25, 0.3) is 5.91 Å². The van der Waals surface area contributed by atoms with E-state index >= 15 is 0 Å². The van der Waals surface area contributed by atoms with Crippen LogP contribution in [0.15, 0.2) is 65.3 Å². The number of furan rings is 1. The minimum atomic E-state index is -0.759. The Kier molecular flexibility index (Phi) is 5.73. The first-order valence-electron chi connectivity index (χ1n) is 10.6. The summed E-state index contributed by atoms with van der Waals surface area (Å²) in [5.74, 6) is -0.286. The summed E-state index contributed by atoms with van der Waals surface area (Å²) in [5.41, 5.74) is 1.74. The standard InChI is InChI=1S/C25H20N2O7/c28-22(27-25(30)26-17-6-8-19-21(12-17)32-10-9-31-19)14-34-23(29)11-16-13-33-20-7-5-15-3-1-2-4-18(15)24(16)20/h1-8,12-13H,9-11,14H2,(H2,26,27,28,30). The fourth-order valence-electron chi connectivity index (χ4n) is 3.80. The van der Waals surface area contributed by atoms with Crippen LogP contribution in [0, 0.1) is 0 Å². The van der Waals surface area contributed by atoms with E-state index in [9.17, 15) is 14.4 Å². The molecule has 9 heteroatoms. The van der Waals surface area contributed by atoms with Gasteiger partial charge in [0, 0.05) is 22.7 Å². The lowest BCUT2D eigenvalue weighted by molar-refractivity contribution is -0.147. The molecular formula is C25H20N2O7. The number of fused-ring (bicyclic) bond motifs is 4. The summed E-state index contributed by atoms with van der Waals surface area (Å²) in [5, 5.41) is 7.46. The molecule has 0 spiro atoms. The molecule has 0 saturated carbocycles. The summed E-state index contributed by atoms with van der Waals surface area (Å²) in [4.78, 5) is 36.5. The highest BCUT2D eigenvalue weighted by Crippen LogP contribution is 2.32. The predicted molar refractivity (Wildman–Crippen MR) is 123 cm³/mol. The summed E-state index contributed by atoms with van der Waals surface area (Å²) in [7, 11) is 0. The SMILES string of the molecule is O=C(COC(=O)Cc1coc2ccc3ccccc3c12)NC(=O)Nc1ccc2c(c1)OCCO2. The van der Waals surface area contributed by atoms with Gasteiger partial charge in [0.05, 0.1) is 12.7 Å². The molecule has 4 aromatic rings. The quantitative estimate of drug-likeness (QED) is 0.435. The molecule has 3 amide bonds. The summed E-state index contributed by atoms with van der Waals surface area (Å²) < 4.78 is 21.5. The fourth-order valence-corrected chi connectivity index (χ4v) is 3.80. The van der Waals surface area contributed by atoms with E-state index in [1.165, 1.54) is 6.26 Å². The largest absolute Gasteiger partial charge is 0.486 e. The maximum Gasteiger partial charge on any atom is 0.325 e. The Morgan fingerprint density at radius 2 is 1.76 bits per heavy atom. The minimum Gasteiger partial charge on any atom is -0.486 e. The number of benzene rings is 3. The number of ether oxygens (including phenoxy) is 3. The van der Waals surface area contributed by atoms with Crippen LogP contribution in [0.2, 0.25) is 0 Å². The number of nitrogens with one attached hydrogen (secondary N) is 2. The van der Waals surface area contributed by atoms with Crippen LogP contribution in [0.5, 0.6) is 11.5 Å². The van der Waals surface area contributed by atoms with Gasteiger partial charge in [0.15, 0.2) is 18.1 Å². The van der Waals surface area contributed by atoms with Gasteiger partial charge in [-0.3, -0.25) is 14.9 Å². The van der Waals surface area contributed by atoms with E-state index in [1.807, 2.05) is 36.4 Å². The predicted octanol–water partition coefficient (Wildman–Crippen LogP) is 3.79. The molecule has 0 bridgehead atoms. The number of hydrogen-bond donors (Lipinski definition) is 2. The number of carbonyl (C=O) groups excluding carboxylic acids is 3. The number of urea groups is 1. The van der Waals surface area contributed by atoms with Gasteiger partial charge in [-0.1, -0.05) is 30.3 Å². The molecule has 0 saturated heterocycles. The first-order valence-corrected chi connectivity index (χ1v) is 10.6. The van der Waals surface area contributed by atoms with E-state index in [-0.39, 0.29) is 6.42 Å². The normalized spacial score (nSPS) is 12.4. The van der Waals surface area contributed by atoms with Gasteiger partial charge in [-0.2, -0.15) is 0 Å². The van der Waals surface area contributed by atoms with Crippen molar-refractivity contribution < 1.29 is 33.0 Å². The number of carbonyl (C=O) groups is 3. The van der Waals surface area contributed by atoms with Crippen LogP contribution >= 0.6 is 0 Å². The second kappa shape index (κ2) is 9.14. The van der Waals surface area contributed by atoms with Crippen LogP contribution in [-0.4, -0.2) is 37.7 Å². The average Bonchev–Trinajstić information content (AvgIpc) is 3.25. The van der Waals surface area contributed by atoms with Crippen molar-refractivity contribution in [2.45, 2.75) is 6.42 Å². The molecule has 1 aliphatic rings.